The molecular weight excluding hydrogens is 432 g/mol. The molecule has 2 heterocycles. The molecule has 0 saturated heterocycles. The number of rotatable bonds is 6. The van der Waals surface area contributed by atoms with Crippen LogP contribution in [-0.2, 0) is 14.8 Å². The van der Waals surface area contributed by atoms with Gasteiger partial charge in [0.15, 0.2) is 0 Å². The van der Waals surface area contributed by atoms with Gasteiger partial charge in [0, 0.05) is 5.39 Å². The predicted octanol–water partition coefficient (Wildman–Crippen LogP) is 5.19. The van der Waals surface area contributed by atoms with E-state index in [2.05, 4.69) is 16.3 Å². The number of pyridine rings is 1. The largest absolute Gasteiger partial charge is 0.464 e. The van der Waals surface area contributed by atoms with Gasteiger partial charge in [0.2, 0.25) is 0 Å². The zero-order valence-electron chi connectivity index (χ0n) is 16.5. The van der Waals surface area contributed by atoms with Crippen molar-refractivity contribution in [2.75, 3.05) is 11.8 Å². The Bertz CT molecular complexity index is 1390. The van der Waals surface area contributed by atoms with Crippen molar-refractivity contribution in [3.8, 4) is 11.1 Å². The van der Waals surface area contributed by atoms with E-state index < -0.39 is 16.0 Å². The highest BCUT2D eigenvalue weighted by atomic mass is 32.2. The normalized spacial score (nSPS) is 11.3. The van der Waals surface area contributed by atoms with Gasteiger partial charge < -0.3 is 4.74 Å². The van der Waals surface area contributed by atoms with Gasteiger partial charge in [-0.2, -0.15) is 0 Å². The van der Waals surface area contributed by atoms with E-state index in [0.29, 0.717) is 10.9 Å². The SMILES string of the molecule is C=Cc1ccccc1-c1cc(C(=O)OC)nc2c(NS(=O)(=O)c3cccs3)cccc12. The number of nitrogens with one attached hydrogen (secondary N) is 1. The van der Waals surface area contributed by atoms with E-state index in [-0.39, 0.29) is 15.6 Å². The first-order valence-electron chi connectivity index (χ1n) is 9.25. The van der Waals surface area contributed by atoms with Crippen LogP contribution in [0.15, 0.2) is 76.8 Å². The Labute approximate surface area is 183 Å². The molecule has 0 saturated carbocycles. The molecule has 4 aromatic rings. The van der Waals surface area contributed by atoms with E-state index in [9.17, 15) is 13.2 Å². The molecule has 0 spiro atoms. The standard InChI is InChI=1S/C23H18N2O4S2/c1-3-15-8-4-5-9-16(15)18-14-20(23(26)29-2)24-22-17(18)10-6-11-19(22)25-31(27,28)21-12-7-13-30-21/h3-14,25H,1H2,2H3. The third-order valence-electron chi connectivity index (χ3n) is 4.71. The van der Waals surface area contributed by atoms with Gasteiger partial charge in [0.1, 0.15) is 9.90 Å². The number of aromatic nitrogens is 1. The second kappa shape index (κ2) is 8.33. The number of fused-ring (bicyclic) bond motifs is 1. The van der Waals surface area contributed by atoms with Crippen LogP contribution in [-0.4, -0.2) is 26.5 Å². The predicted molar refractivity (Wildman–Crippen MR) is 124 cm³/mol. The minimum absolute atomic E-state index is 0.0756. The minimum atomic E-state index is -3.79. The molecule has 0 fully saturated rings. The molecule has 2 aromatic carbocycles. The van der Waals surface area contributed by atoms with Crippen LogP contribution >= 0.6 is 11.3 Å². The lowest BCUT2D eigenvalue weighted by Gasteiger charge is -2.14. The summed E-state index contributed by atoms with van der Waals surface area (Å²) in [5.74, 6) is -0.616. The van der Waals surface area contributed by atoms with Gasteiger partial charge in [-0.05, 0) is 40.3 Å². The average Bonchev–Trinajstić information content (AvgIpc) is 3.34. The average molecular weight is 451 g/mol. The van der Waals surface area contributed by atoms with Crippen LogP contribution in [0.4, 0.5) is 5.69 Å². The highest BCUT2D eigenvalue weighted by Gasteiger charge is 2.20. The van der Waals surface area contributed by atoms with Gasteiger partial charge in [-0.1, -0.05) is 55.1 Å². The molecule has 0 aliphatic carbocycles. The second-order valence-corrected chi connectivity index (χ2v) is 9.43. The lowest BCUT2D eigenvalue weighted by atomic mass is 9.95. The summed E-state index contributed by atoms with van der Waals surface area (Å²) >= 11 is 1.12. The van der Waals surface area contributed by atoms with Crippen LogP contribution in [0.5, 0.6) is 0 Å². The van der Waals surface area contributed by atoms with Crippen molar-refractivity contribution in [2.24, 2.45) is 0 Å². The van der Waals surface area contributed by atoms with Gasteiger partial charge in [-0.3, -0.25) is 4.72 Å². The Balaban J connectivity index is 1.98. The van der Waals surface area contributed by atoms with Crippen molar-refractivity contribution < 1.29 is 17.9 Å². The van der Waals surface area contributed by atoms with Crippen molar-refractivity contribution in [1.29, 1.82) is 0 Å². The molecule has 6 nitrogen and oxygen atoms in total. The fourth-order valence-electron chi connectivity index (χ4n) is 3.29. The Morgan fingerprint density at radius 3 is 2.61 bits per heavy atom. The van der Waals surface area contributed by atoms with Crippen LogP contribution in [0.1, 0.15) is 16.1 Å². The number of para-hydroxylation sites is 1. The summed E-state index contributed by atoms with van der Waals surface area (Å²) in [5.41, 5.74) is 3.13. The van der Waals surface area contributed by atoms with Crippen LogP contribution < -0.4 is 4.72 Å². The van der Waals surface area contributed by atoms with E-state index in [1.807, 2.05) is 30.3 Å². The molecule has 156 valence electrons. The summed E-state index contributed by atoms with van der Waals surface area (Å²) in [6.45, 7) is 3.87. The fourth-order valence-corrected chi connectivity index (χ4v) is 5.35. The number of methoxy groups -OCH3 is 1. The molecule has 8 heteroatoms. The number of hydrogen-bond acceptors (Lipinski definition) is 6. The summed E-state index contributed by atoms with van der Waals surface area (Å²) in [5, 5.41) is 2.38. The molecule has 0 aliphatic heterocycles. The second-order valence-electron chi connectivity index (χ2n) is 6.58. The van der Waals surface area contributed by atoms with Crippen LogP contribution in [0.25, 0.3) is 28.1 Å². The monoisotopic (exact) mass is 450 g/mol. The number of carbonyl (C=O) groups is 1. The maximum atomic E-state index is 12.8. The number of carbonyl (C=O) groups excluding carboxylic acids is 1. The molecule has 0 unspecified atom stereocenters. The van der Waals surface area contributed by atoms with Gasteiger partial charge in [-0.15, -0.1) is 11.3 Å². The summed E-state index contributed by atoms with van der Waals surface area (Å²) in [7, 11) is -2.52. The Morgan fingerprint density at radius 2 is 1.90 bits per heavy atom. The van der Waals surface area contributed by atoms with E-state index in [0.717, 1.165) is 28.0 Å². The van der Waals surface area contributed by atoms with Crippen molar-refractivity contribution in [3.05, 3.63) is 83.9 Å². The first kappa shape index (κ1) is 20.8. The maximum absolute atomic E-state index is 12.8. The number of thiophene rings is 1. The van der Waals surface area contributed by atoms with E-state index in [1.54, 1.807) is 35.7 Å². The van der Waals surface area contributed by atoms with E-state index >= 15 is 0 Å². The number of hydrogen-bond donors (Lipinski definition) is 1. The van der Waals surface area contributed by atoms with Gasteiger partial charge in [0.05, 0.1) is 18.3 Å². The topological polar surface area (TPSA) is 85.4 Å². The van der Waals surface area contributed by atoms with Gasteiger partial charge >= 0.3 is 5.97 Å². The molecule has 0 bridgehead atoms. The third-order valence-corrected chi connectivity index (χ3v) is 7.47. The third kappa shape index (κ3) is 3.95. The number of ether oxygens (including phenoxy) is 1. The van der Waals surface area contributed by atoms with Gasteiger partial charge in [-0.25, -0.2) is 18.2 Å². The number of sulfonamides is 1. The molecular formula is C23H18N2O4S2. The number of esters is 1. The zero-order valence-corrected chi connectivity index (χ0v) is 18.2. The number of anilines is 1. The van der Waals surface area contributed by atoms with E-state index in [4.69, 9.17) is 4.74 Å². The summed E-state index contributed by atoms with van der Waals surface area (Å²) in [6.07, 6.45) is 1.72. The molecule has 0 atom stereocenters. The summed E-state index contributed by atoms with van der Waals surface area (Å²) in [6, 6.07) is 17.6. The van der Waals surface area contributed by atoms with Crippen molar-refractivity contribution in [2.45, 2.75) is 4.21 Å². The minimum Gasteiger partial charge on any atom is -0.464 e. The highest BCUT2D eigenvalue weighted by molar-refractivity contribution is 7.94. The van der Waals surface area contributed by atoms with E-state index in [1.165, 1.54) is 13.2 Å². The van der Waals surface area contributed by atoms with Crippen molar-refractivity contribution >= 4 is 50.0 Å². The first-order chi connectivity index (χ1) is 14.9. The molecule has 0 aliphatic rings. The highest BCUT2D eigenvalue weighted by Crippen LogP contribution is 2.35. The van der Waals surface area contributed by atoms with Crippen LogP contribution in [0.2, 0.25) is 0 Å². The van der Waals surface area contributed by atoms with Crippen molar-refractivity contribution in [1.82, 2.24) is 4.98 Å². The molecule has 0 radical (unpaired) electrons. The zero-order chi connectivity index (χ0) is 22.0. The molecule has 31 heavy (non-hydrogen) atoms. The first-order valence-corrected chi connectivity index (χ1v) is 11.6. The summed E-state index contributed by atoms with van der Waals surface area (Å²) in [4.78, 5) is 16.8. The maximum Gasteiger partial charge on any atom is 0.356 e. The molecule has 2 aromatic heterocycles. The summed E-state index contributed by atoms with van der Waals surface area (Å²) < 4.78 is 33.3. The molecule has 1 N–H and O–H groups in total. The lowest BCUT2D eigenvalue weighted by Crippen LogP contribution is -2.13. The molecule has 4 rings (SSSR count). The fraction of sp³-hybridized carbons (Fsp3) is 0.0435. The number of nitrogens with zero attached hydrogens (tertiary/aromatic N) is 1. The number of benzene rings is 2. The Hall–Kier alpha value is -3.49. The van der Waals surface area contributed by atoms with Crippen LogP contribution in [0, 0.1) is 0 Å². The van der Waals surface area contributed by atoms with Crippen LogP contribution in [0.3, 0.4) is 0 Å². The molecule has 0 amide bonds. The lowest BCUT2D eigenvalue weighted by molar-refractivity contribution is 0.0594. The van der Waals surface area contributed by atoms with Crippen molar-refractivity contribution in [3.63, 3.8) is 0 Å². The quantitative estimate of drug-likeness (QED) is 0.409. The Morgan fingerprint density at radius 1 is 1.10 bits per heavy atom. The van der Waals surface area contributed by atoms with Gasteiger partial charge in [0.25, 0.3) is 10.0 Å². The smallest absolute Gasteiger partial charge is 0.356 e. The Kier molecular flexibility index (Phi) is 5.58.